The molecule has 0 bridgehead atoms. The van der Waals surface area contributed by atoms with E-state index >= 15 is 0 Å². The zero-order valence-corrected chi connectivity index (χ0v) is 29.8. The van der Waals surface area contributed by atoms with Crippen LogP contribution in [0.5, 0.6) is 0 Å². The minimum Gasteiger partial charge on any atom is -0.462 e. The molecule has 256 valence electrons. The number of benzene rings is 5. The van der Waals surface area contributed by atoms with Crippen LogP contribution in [0, 0.1) is 0 Å². The smallest absolute Gasteiger partial charge is 0.341 e. The molecular formula is C42H37N3O4S2. The summed E-state index contributed by atoms with van der Waals surface area (Å²) in [6, 6.07) is 41.0. The highest BCUT2D eigenvalue weighted by molar-refractivity contribution is 8.00. The highest BCUT2D eigenvalue weighted by Gasteiger charge is 2.31. The molecule has 1 aliphatic heterocycles. The number of thiophene rings is 1. The summed E-state index contributed by atoms with van der Waals surface area (Å²) in [6.45, 7) is 4.33. The van der Waals surface area contributed by atoms with Gasteiger partial charge in [0.25, 0.3) is 5.91 Å². The predicted octanol–water partition coefficient (Wildman–Crippen LogP) is 9.36. The lowest BCUT2D eigenvalue weighted by Gasteiger charge is -2.27. The molecule has 1 unspecified atom stereocenters. The molecule has 0 saturated heterocycles. The van der Waals surface area contributed by atoms with Crippen molar-refractivity contribution in [2.75, 3.05) is 23.8 Å². The van der Waals surface area contributed by atoms with Gasteiger partial charge in [0.15, 0.2) is 0 Å². The lowest BCUT2D eigenvalue weighted by molar-refractivity contribution is -0.115. The van der Waals surface area contributed by atoms with Gasteiger partial charge in [-0.2, -0.15) is 0 Å². The number of amides is 2. The maximum atomic E-state index is 14.3. The Morgan fingerprint density at radius 1 is 0.824 bits per heavy atom. The summed E-state index contributed by atoms with van der Waals surface area (Å²) in [7, 11) is 0. The molecule has 0 fully saturated rings. The van der Waals surface area contributed by atoms with Gasteiger partial charge in [0.05, 0.1) is 12.2 Å². The first-order valence-corrected chi connectivity index (χ1v) is 18.7. The van der Waals surface area contributed by atoms with Crippen LogP contribution in [0.25, 0.3) is 10.8 Å². The molecule has 2 amide bonds. The monoisotopic (exact) mass is 711 g/mol. The number of hydrogen-bond acceptors (Lipinski definition) is 7. The Kier molecular flexibility index (Phi) is 10.6. The molecule has 1 aromatic heterocycles. The Labute approximate surface area is 305 Å². The zero-order chi connectivity index (χ0) is 35.2. The van der Waals surface area contributed by atoms with Crippen LogP contribution in [0.15, 0.2) is 132 Å². The van der Waals surface area contributed by atoms with Crippen molar-refractivity contribution in [1.29, 1.82) is 0 Å². The largest absolute Gasteiger partial charge is 0.462 e. The molecule has 2 N–H and O–H groups in total. The number of ether oxygens (including phenoxy) is 1. The molecule has 0 saturated carbocycles. The number of nitrogens with zero attached hydrogens (tertiary/aromatic N) is 1. The SMILES string of the molecule is CCOC(=O)c1c(NC(=O)C(Sc2cccc(NC(=O)c3ccc4ccccc4c3)c2)c2ccccc2)sc2c1CCN(Cc1ccccc1)C2. The van der Waals surface area contributed by atoms with E-state index < -0.39 is 11.2 Å². The van der Waals surface area contributed by atoms with Crippen LogP contribution in [0.4, 0.5) is 10.7 Å². The van der Waals surface area contributed by atoms with Crippen LogP contribution in [0.3, 0.4) is 0 Å². The molecule has 51 heavy (non-hydrogen) atoms. The van der Waals surface area contributed by atoms with Crippen molar-refractivity contribution in [3.05, 3.63) is 160 Å². The van der Waals surface area contributed by atoms with Gasteiger partial charge < -0.3 is 15.4 Å². The fourth-order valence-corrected chi connectivity index (χ4v) is 8.70. The third-order valence-corrected chi connectivity index (χ3v) is 11.2. The first-order valence-electron chi connectivity index (χ1n) is 17.0. The van der Waals surface area contributed by atoms with Gasteiger partial charge in [-0.25, -0.2) is 4.79 Å². The third-order valence-electron chi connectivity index (χ3n) is 8.80. The number of rotatable bonds is 11. The first-order chi connectivity index (χ1) is 24.9. The Morgan fingerprint density at radius 2 is 1.57 bits per heavy atom. The lowest BCUT2D eigenvalue weighted by Crippen LogP contribution is -2.30. The molecular weight excluding hydrogens is 675 g/mol. The van der Waals surface area contributed by atoms with E-state index in [9.17, 15) is 14.4 Å². The van der Waals surface area contributed by atoms with Gasteiger partial charge in [0.2, 0.25) is 5.91 Å². The summed E-state index contributed by atoms with van der Waals surface area (Å²) in [4.78, 5) is 45.1. The molecule has 0 radical (unpaired) electrons. The Hall–Kier alpha value is -5.22. The van der Waals surface area contributed by atoms with E-state index in [0.717, 1.165) is 44.8 Å². The average Bonchev–Trinajstić information content (AvgIpc) is 3.51. The number of thioether (sulfide) groups is 1. The topological polar surface area (TPSA) is 87.7 Å². The summed E-state index contributed by atoms with van der Waals surface area (Å²) < 4.78 is 5.50. The lowest BCUT2D eigenvalue weighted by atomic mass is 10.0. The maximum absolute atomic E-state index is 14.3. The summed E-state index contributed by atoms with van der Waals surface area (Å²) >= 11 is 2.84. The Morgan fingerprint density at radius 3 is 2.35 bits per heavy atom. The highest BCUT2D eigenvalue weighted by atomic mass is 32.2. The number of nitrogens with one attached hydrogen (secondary N) is 2. The second-order valence-corrected chi connectivity index (χ2v) is 14.6. The van der Waals surface area contributed by atoms with Gasteiger partial charge in [-0.15, -0.1) is 23.1 Å². The Balaban J connectivity index is 1.12. The van der Waals surface area contributed by atoms with Crippen LogP contribution in [0.2, 0.25) is 0 Å². The number of esters is 1. The zero-order valence-electron chi connectivity index (χ0n) is 28.1. The minimum absolute atomic E-state index is 0.212. The van der Waals surface area contributed by atoms with Crippen molar-refractivity contribution >= 4 is 62.3 Å². The van der Waals surface area contributed by atoms with Crippen LogP contribution in [0.1, 0.15) is 54.5 Å². The number of carbonyl (C=O) groups excluding carboxylic acids is 3. The van der Waals surface area contributed by atoms with Crippen molar-refractivity contribution in [2.24, 2.45) is 0 Å². The molecule has 7 rings (SSSR count). The summed E-state index contributed by atoms with van der Waals surface area (Å²) in [6.07, 6.45) is 0.692. The van der Waals surface area contributed by atoms with Gasteiger partial charge in [0, 0.05) is 40.7 Å². The number of fused-ring (bicyclic) bond motifs is 2. The van der Waals surface area contributed by atoms with Crippen molar-refractivity contribution in [1.82, 2.24) is 4.90 Å². The van der Waals surface area contributed by atoms with Gasteiger partial charge in [-0.05, 0) is 71.1 Å². The maximum Gasteiger partial charge on any atom is 0.341 e. The standard InChI is InChI=1S/C42H37N3O4S2/c1-2-49-42(48)37-35-22-23-45(26-28-12-5-3-6-13-28)27-36(35)51-41(37)44-40(47)38(30-15-7-4-8-16-30)50-34-19-11-18-33(25-34)43-39(46)32-21-20-29-14-9-10-17-31(29)24-32/h3-21,24-25,38H,2,22-23,26-27H2,1H3,(H,43,46)(H,44,47). The molecule has 0 aliphatic carbocycles. The summed E-state index contributed by atoms with van der Waals surface area (Å²) in [5.41, 5.74) is 4.65. The number of carbonyl (C=O) groups is 3. The molecule has 1 atom stereocenters. The van der Waals surface area contributed by atoms with Crippen LogP contribution in [-0.4, -0.2) is 35.8 Å². The Bertz CT molecular complexity index is 2190. The minimum atomic E-state index is -0.638. The van der Waals surface area contributed by atoms with Crippen LogP contribution >= 0.6 is 23.1 Å². The summed E-state index contributed by atoms with van der Waals surface area (Å²) in [5.74, 6) is -0.876. The van der Waals surface area contributed by atoms with Crippen molar-refractivity contribution in [3.63, 3.8) is 0 Å². The van der Waals surface area contributed by atoms with E-state index in [-0.39, 0.29) is 18.4 Å². The fraction of sp³-hybridized carbons (Fsp3) is 0.167. The average molecular weight is 712 g/mol. The predicted molar refractivity (Wildman–Crippen MR) is 207 cm³/mol. The molecule has 5 aromatic carbocycles. The fourth-order valence-electron chi connectivity index (χ4n) is 6.34. The number of anilines is 2. The van der Waals surface area contributed by atoms with E-state index in [1.165, 1.54) is 28.7 Å². The van der Waals surface area contributed by atoms with E-state index in [1.807, 2.05) is 115 Å². The number of hydrogen-bond donors (Lipinski definition) is 2. The molecule has 2 heterocycles. The van der Waals surface area contributed by atoms with E-state index in [4.69, 9.17) is 4.74 Å². The van der Waals surface area contributed by atoms with E-state index in [2.05, 4.69) is 27.7 Å². The van der Waals surface area contributed by atoms with Crippen molar-refractivity contribution < 1.29 is 19.1 Å². The molecule has 9 heteroatoms. The second-order valence-electron chi connectivity index (χ2n) is 12.3. The van der Waals surface area contributed by atoms with Gasteiger partial charge in [-0.3, -0.25) is 14.5 Å². The van der Waals surface area contributed by atoms with Crippen LogP contribution in [-0.2, 0) is 29.0 Å². The molecule has 0 spiro atoms. The van der Waals surface area contributed by atoms with Gasteiger partial charge >= 0.3 is 5.97 Å². The van der Waals surface area contributed by atoms with Gasteiger partial charge in [0.1, 0.15) is 10.3 Å². The van der Waals surface area contributed by atoms with Gasteiger partial charge in [-0.1, -0.05) is 97.1 Å². The molecule has 1 aliphatic rings. The summed E-state index contributed by atoms with van der Waals surface area (Å²) in [5, 5.41) is 8.10. The van der Waals surface area contributed by atoms with Crippen molar-refractivity contribution in [3.8, 4) is 0 Å². The normalized spacial score (nSPS) is 13.3. The third kappa shape index (κ3) is 8.07. The van der Waals surface area contributed by atoms with E-state index in [0.29, 0.717) is 34.8 Å². The molecule has 7 nitrogen and oxygen atoms in total. The highest BCUT2D eigenvalue weighted by Crippen LogP contribution is 2.41. The van der Waals surface area contributed by atoms with E-state index in [1.54, 1.807) is 6.92 Å². The van der Waals surface area contributed by atoms with Crippen LogP contribution < -0.4 is 10.6 Å². The first kappa shape index (κ1) is 34.2. The van der Waals surface area contributed by atoms with Crippen molar-refractivity contribution in [2.45, 2.75) is 36.6 Å². The quantitative estimate of drug-likeness (QED) is 0.103. The molecule has 6 aromatic rings. The second kappa shape index (κ2) is 15.8.